The van der Waals surface area contributed by atoms with Gasteiger partial charge in [-0.25, -0.2) is 18.0 Å². The predicted molar refractivity (Wildman–Crippen MR) is 98.1 cm³/mol. The van der Waals surface area contributed by atoms with Crippen molar-refractivity contribution < 1.29 is 22.7 Å². The van der Waals surface area contributed by atoms with Crippen LogP contribution in [-0.4, -0.2) is 11.1 Å². The molecule has 1 fully saturated rings. The van der Waals surface area contributed by atoms with E-state index >= 15 is 0 Å². The van der Waals surface area contributed by atoms with Gasteiger partial charge in [-0.15, -0.1) is 0 Å². The summed E-state index contributed by atoms with van der Waals surface area (Å²) >= 11 is 0. The van der Waals surface area contributed by atoms with Gasteiger partial charge < -0.3 is 10.1 Å². The topological polar surface area (TPSA) is 51.2 Å². The van der Waals surface area contributed by atoms with Crippen molar-refractivity contribution in [1.82, 2.24) is 10.3 Å². The van der Waals surface area contributed by atoms with Crippen LogP contribution < -0.4 is 5.32 Å². The molecule has 0 aliphatic carbocycles. The van der Waals surface area contributed by atoms with E-state index in [1.807, 2.05) is 0 Å². The third kappa shape index (κ3) is 3.92. The minimum absolute atomic E-state index is 0.0869. The van der Waals surface area contributed by atoms with Gasteiger partial charge in [0, 0.05) is 23.5 Å². The summed E-state index contributed by atoms with van der Waals surface area (Å²) in [5, 5.41) is 2.58. The number of pyridine rings is 1. The van der Waals surface area contributed by atoms with Crippen LogP contribution in [0.4, 0.5) is 18.0 Å². The highest BCUT2D eigenvalue weighted by atomic mass is 19.1. The molecule has 4 rings (SSSR count). The number of halogens is 3. The number of nitrogens with one attached hydrogen (secondary N) is 1. The van der Waals surface area contributed by atoms with Gasteiger partial charge >= 0.3 is 6.09 Å². The number of hydrogen-bond acceptors (Lipinski definition) is 3. The molecular formula is C22H13F3N2O2. The largest absolute Gasteiger partial charge is 0.439 e. The monoisotopic (exact) mass is 394 g/mol. The van der Waals surface area contributed by atoms with E-state index in [0.717, 1.165) is 18.2 Å². The van der Waals surface area contributed by atoms with Gasteiger partial charge in [0.25, 0.3) is 0 Å². The Morgan fingerprint density at radius 3 is 2.62 bits per heavy atom. The van der Waals surface area contributed by atoms with E-state index in [2.05, 4.69) is 22.1 Å². The molecule has 1 aromatic heterocycles. The van der Waals surface area contributed by atoms with Crippen LogP contribution in [0.5, 0.6) is 0 Å². The second-order valence-corrected chi connectivity index (χ2v) is 6.35. The van der Waals surface area contributed by atoms with E-state index in [-0.39, 0.29) is 11.1 Å². The second kappa shape index (κ2) is 7.68. The number of aromatic nitrogens is 1. The number of carbonyl (C=O) groups is 1. The summed E-state index contributed by atoms with van der Waals surface area (Å²) in [6, 6.07) is 9.88. The van der Waals surface area contributed by atoms with Crippen molar-refractivity contribution in [2.24, 2.45) is 0 Å². The first-order valence-corrected chi connectivity index (χ1v) is 8.65. The summed E-state index contributed by atoms with van der Waals surface area (Å²) in [7, 11) is 0. The third-order valence-electron chi connectivity index (χ3n) is 4.41. The normalized spacial score (nSPS) is 17.8. The Hall–Kier alpha value is -3.79. The number of ether oxygens (including phenoxy) is 1. The molecule has 29 heavy (non-hydrogen) atoms. The SMILES string of the molecule is O=C1N[C@H](c2cncc(C#Cc3ccccc3F)c2)[C@@H](c2cc(F)ccc2F)O1. The summed E-state index contributed by atoms with van der Waals surface area (Å²) in [6.07, 6.45) is 1.12. The molecular weight excluding hydrogens is 381 g/mol. The van der Waals surface area contributed by atoms with Gasteiger partial charge in [0.1, 0.15) is 23.5 Å². The highest BCUT2D eigenvalue weighted by molar-refractivity contribution is 5.71. The zero-order valence-electron chi connectivity index (χ0n) is 14.8. The number of amides is 1. The molecule has 2 atom stereocenters. The van der Waals surface area contributed by atoms with Gasteiger partial charge in [-0.05, 0) is 42.0 Å². The van der Waals surface area contributed by atoms with E-state index in [0.29, 0.717) is 11.1 Å². The number of nitrogens with zero attached hydrogens (tertiary/aromatic N) is 1. The van der Waals surface area contributed by atoms with Crippen molar-refractivity contribution in [3.8, 4) is 11.8 Å². The molecule has 2 heterocycles. The van der Waals surface area contributed by atoms with Crippen molar-refractivity contribution in [1.29, 1.82) is 0 Å². The van der Waals surface area contributed by atoms with E-state index in [1.165, 1.54) is 18.5 Å². The van der Waals surface area contributed by atoms with Crippen LogP contribution in [0.1, 0.15) is 34.4 Å². The number of rotatable bonds is 2. The summed E-state index contributed by atoms with van der Waals surface area (Å²) in [4.78, 5) is 15.9. The number of alkyl carbamates (subject to hydrolysis) is 1. The molecule has 0 bridgehead atoms. The van der Waals surface area contributed by atoms with Crippen LogP contribution in [0.3, 0.4) is 0 Å². The van der Waals surface area contributed by atoms with Crippen molar-refractivity contribution in [3.05, 3.63) is 101 Å². The maximum atomic E-state index is 14.2. The average molecular weight is 394 g/mol. The third-order valence-corrected chi connectivity index (χ3v) is 4.41. The van der Waals surface area contributed by atoms with Crippen molar-refractivity contribution in [2.45, 2.75) is 12.1 Å². The summed E-state index contributed by atoms with van der Waals surface area (Å²) in [5.74, 6) is 3.75. The van der Waals surface area contributed by atoms with E-state index in [1.54, 1.807) is 24.3 Å². The number of carbonyl (C=O) groups excluding carboxylic acids is 1. The van der Waals surface area contributed by atoms with Gasteiger partial charge in [0.15, 0.2) is 6.10 Å². The first-order valence-electron chi connectivity index (χ1n) is 8.65. The molecule has 1 N–H and O–H groups in total. The Morgan fingerprint density at radius 1 is 0.966 bits per heavy atom. The molecule has 3 aromatic rings. The Bertz CT molecular complexity index is 1150. The molecule has 1 amide bonds. The van der Waals surface area contributed by atoms with E-state index in [9.17, 15) is 18.0 Å². The van der Waals surface area contributed by atoms with Crippen molar-refractivity contribution in [3.63, 3.8) is 0 Å². The fourth-order valence-corrected chi connectivity index (χ4v) is 3.05. The molecule has 0 spiro atoms. The van der Waals surface area contributed by atoms with E-state index in [4.69, 9.17) is 4.74 Å². The average Bonchev–Trinajstić information content (AvgIpc) is 3.11. The minimum atomic E-state index is -1.07. The van der Waals surface area contributed by atoms with Crippen LogP contribution in [0.2, 0.25) is 0 Å². The summed E-state index contributed by atoms with van der Waals surface area (Å²) < 4.78 is 46.7. The molecule has 1 aliphatic rings. The number of cyclic esters (lactones) is 1. The van der Waals surface area contributed by atoms with Crippen LogP contribution in [0.15, 0.2) is 60.9 Å². The highest BCUT2D eigenvalue weighted by Gasteiger charge is 2.38. The summed E-state index contributed by atoms with van der Waals surface area (Å²) in [5.41, 5.74) is 1.10. The molecule has 4 nitrogen and oxygen atoms in total. The molecule has 1 saturated heterocycles. The Morgan fingerprint density at radius 2 is 1.79 bits per heavy atom. The smallest absolute Gasteiger partial charge is 0.408 e. The highest BCUT2D eigenvalue weighted by Crippen LogP contribution is 2.37. The predicted octanol–water partition coefficient (Wildman–Crippen LogP) is 4.42. The molecule has 2 aromatic carbocycles. The number of hydrogen-bond donors (Lipinski definition) is 1. The van der Waals surface area contributed by atoms with Gasteiger partial charge in [-0.3, -0.25) is 4.98 Å². The first-order chi connectivity index (χ1) is 14.0. The maximum Gasteiger partial charge on any atom is 0.408 e. The van der Waals surface area contributed by atoms with Gasteiger partial charge in [-0.1, -0.05) is 24.0 Å². The number of benzene rings is 2. The maximum absolute atomic E-state index is 14.2. The van der Waals surface area contributed by atoms with Gasteiger partial charge in [-0.2, -0.15) is 0 Å². The molecule has 7 heteroatoms. The fourth-order valence-electron chi connectivity index (χ4n) is 3.05. The molecule has 0 radical (unpaired) electrons. The Kier molecular flexibility index (Phi) is 4.92. The lowest BCUT2D eigenvalue weighted by Gasteiger charge is -2.18. The summed E-state index contributed by atoms with van der Waals surface area (Å²) in [6.45, 7) is 0. The second-order valence-electron chi connectivity index (χ2n) is 6.35. The molecule has 1 aliphatic heterocycles. The standard InChI is InChI=1S/C22H13F3N2O2/c23-16-7-8-19(25)17(10-16)21-20(27-22(28)29-21)15-9-13(11-26-12-15)5-6-14-3-1-2-4-18(14)24/h1-4,7-12,20-21H,(H,27,28)/t20-,21-/m1/s1. The molecule has 144 valence electrons. The quantitative estimate of drug-likeness (QED) is 0.655. The zero-order chi connectivity index (χ0) is 20.4. The van der Waals surface area contributed by atoms with Gasteiger partial charge in [0.2, 0.25) is 0 Å². The minimum Gasteiger partial charge on any atom is -0.439 e. The van der Waals surface area contributed by atoms with Crippen LogP contribution in [-0.2, 0) is 4.74 Å². The zero-order valence-corrected chi connectivity index (χ0v) is 14.8. The van der Waals surface area contributed by atoms with Crippen molar-refractivity contribution >= 4 is 6.09 Å². The lowest BCUT2D eigenvalue weighted by Crippen LogP contribution is -2.20. The lowest BCUT2D eigenvalue weighted by atomic mass is 9.96. The Balaban J connectivity index is 1.67. The fraction of sp³-hybridized carbons (Fsp3) is 0.0909. The first kappa shape index (κ1) is 18.6. The van der Waals surface area contributed by atoms with Gasteiger partial charge in [0.05, 0.1) is 5.56 Å². The molecule has 0 unspecified atom stereocenters. The van der Waals surface area contributed by atoms with E-state index < -0.39 is 35.7 Å². The van der Waals surface area contributed by atoms with Crippen LogP contribution >= 0.6 is 0 Å². The van der Waals surface area contributed by atoms with Crippen LogP contribution in [0.25, 0.3) is 0 Å². The Labute approximate surface area is 164 Å². The van der Waals surface area contributed by atoms with Crippen LogP contribution in [0, 0.1) is 29.3 Å². The van der Waals surface area contributed by atoms with Crippen molar-refractivity contribution in [2.75, 3.05) is 0 Å². The lowest BCUT2D eigenvalue weighted by molar-refractivity contribution is 0.130. The molecule has 0 saturated carbocycles.